The quantitative estimate of drug-likeness (QED) is 0.202. The molecule has 39 heavy (non-hydrogen) atoms. The van der Waals surface area contributed by atoms with Crippen molar-refractivity contribution in [1.29, 1.82) is 0 Å². The van der Waals surface area contributed by atoms with Crippen LogP contribution < -0.4 is 0 Å². The number of benzene rings is 1. The maximum atomic E-state index is 4.82. The van der Waals surface area contributed by atoms with E-state index in [1.165, 1.54) is 146 Å². The van der Waals surface area contributed by atoms with E-state index in [1.807, 2.05) is 0 Å². The highest BCUT2D eigenvalue weighted by Gasteiger charge is 2.24. The lowest BCUT2D eigenvalue weighted by molar-refractivity contribution is 0.301. The van der Waals surface area contributed by atoms with Gasteiger partial charge < -0.3 is 0 Å². The van der Waals surface area contributed by atoms with Gasteiger partial charge in [0.15, 0.2) is 5.82 Å². The van der Waals surface area contributed by atoms with E-state index in [-0.39, 0.29) is 0 Å². The van der Waals surface area contributed by atoms with Gasteiger partial charge in [-0.2, -0.15) is 0 Å². The van der Waals surface area contributed by atoms with Crippen LogP contribution in [0.5, 0.6) is 0 Å². The predicted molar refractivity (Wildman–Crippen MR) is 168 cm³/mol. The fourth-order valence-corrected chi connectivity index (χ4v) is 7.42. The average Bonchev–Trinajstić information content (AvgIpc) is 3.00. The molecule has 1 heterocycles. The molecule has 0 spiro atoms. The van der Waals surface area contributed by atoms with E-state index in [1.54, 1.807) is 0 Å². The van der Waals surface area contributed by atoms with Crippen molar-refractivity contribution >= 4 is 0 Å². The Balaban J connectivity index is 1.17. The highest BCUT2D eigenvalue weighted by Crippen LogP contribution is 2.39. The minimum absolute atomic E-state index is 0.661. The van der Waals surface area contributed by atoms with Crippen LogP contribution in [0.25, 0.3) is 11.4 Å². The molecule has 2 heteroatoms. The summed E-state index contributed by atoms with van der Waals surface area (Å²) in [5.41, 5.74) is 4.04. The third-order valence-corrected chi connectivity index (χ3v) is 10.2. The molecule has 1 aromatic carbocycles. The van der Waals surface area contributed by atoms with Crippen LogP contribution in [-0.4, -0.2) is 9.97 Å². The first-order chi connectivity index (χ1) is 19.3. The molecule has 1 aromatic heterocycles. The predicted octanol–water partition coefficient (Wildman–Crippen LogP) is 11.8. The normalized spacial score (nSPS) is 23.6. The Morgan fingerprint density at radius 2 is 0.949 bits per heavy atom. The van der Waals surface area contributed by atoms with Crippen LogP contribution in [0.2, 0.25) is 0 Å². The highest BCUT2D eigenvalue weighted by atomic mass is 14.9. The van der Waals surface area contributed by atoms with Gasteiger partial charge >= 0.3 is 0 Å². The van der Waals surface area contributed by atoms with E-state index in [4.69, 9.17) is 9.97 Å². The van der Waals surface area contributed by atoms with E-state index >= 15 is 0 Å². The molecule has 2 aliphatic rings. The Bertz CT molecular complexity index is 886. The third kappa shape index (κ3) is 10.0. The second-order valence-electron chi connectivity index (χ2n) is 13.2. The van der Waals surface area contributed by atoms with E-state index in [0.29, 0.717) is 5.92 Å². The van der Waals surface area contributed by atoms with E-state index in [0.717, 1.165) is 29.1 Å². The van der Waals surface area contributed by atoms with Crippen molar-refractivity contribution in [1.82, 2.24) is 9.97 Å². The van der Waals surface area contributed by atoms with Gasteiger partial charge in [0.05, 0.1) is 0 Å². The Morgan fingerprint density at radius 3 is 1.44 bits per heavy atom. The van der Waals surface area contributed by atoms with Crippen LogP contribution in [0.3, 0.4) is 0 Å². The number of unbranched alkanes of at least 4 members (excludes halogenated alkanes) is 9. The first kappa shape index (κ1) is 30.3. The molecule has 0 amide bonds. The van der Waals surface area contributed by atoms with Gasteiger partial charge in [0.1, 0.15) is 0 Å². The van der Waals surface area contributed by atoms with Crippen LogP contribution in [-0.2, 0) is 0 Å². The summed E-state index contributed by atoms with van der Waals surface area (Å²) in [6.45, 7) is 4.61. The van der Waals surface area contributed by atoms with Crippen molar-refractivity contribution in [3.63, 3.8) is 0 Å². The molecule has 0 unspecified atom stereocenters. The Labute approximate surface area is 241 Å². The van der Waals surface area contributed by atoms with Gasteiger partial charge in [-0.1, -0.05) is 122 Å². The molecule has 216 valence electrons. The van der Waals surface area contributed by atoms with Crippen molar-refractivity contribution in [2.45, 2.75) is 161 Å². The zero-order valence-electron chi connectivity index (χ0n) is 25.5. The van der Waals surface area contributed by atoms with Crippen LogP contribution in [0.4, 0.5) is 0 Å². The molecule has 0 radical (unpaired) electrons. The molecule has 0 aliphatic heterocycles. The SMILES string of the molecule is CCCCCCCCC1CCC(c2cnc(-c3ccc(C4CCC(CCCCCCC)CC4)cc3)nc2)CC1. The third-order valence-electron chi connectivity index (χ3n) is 10.2. The number of hydrogen-bond donors (Lipinski definition) is 0. The second kappa shape index (κ2) is 17.2. The zero-order chi connectivity index (χ0) is 27.1. The maximum Gasteiger partial charge on any atom is 0.159 e. The van der Waals surface area contributed by atoms with Crippen LogP contribution in [0.15, 0.2) is 36.7 Å². The van der Waals surface area contributed by atoms with Crippen molar-refractivity contribution in [3.05, 3.63) is 47.8 Å². The highest BCUT2D eigenvalue weighted by molar-refractivity contribution is 5.55. The van der Waals surface area contributed by atoms with Crippen molar-refractivity contribution in [2.75, 3.05) is 0 Å². The monoisotopic (exact) mass is 530 g/mol. The van der Waals surface area contributed by atoms with Gasteiger partial charge in [-0.3, -0.25) is 0 Å². The Hall–Kier alpha value is -1.70. The van der Waals surface area contributed by atoms with E-state index < -0.39 is 0 Å². The minimum atomic E-state index is 0.661. The number of aromatic nitrogens is 2. The smallest absolute Gasteiger partial charge is 0.159 e. The number of rotatable bonds is 16. The topological polar surface area (TPSA) is 25.8 Å². The summed E-state index contributed by atoms with van der Waals surface area (Å²) in [6.07, 6.45) is 33.8. The number of nitrogens with zero attached hydrogens (tertiary/aromatic N) is 2. The van der Waals surface area contributed by atoms with Gasteiger partial charge in [-0.05, 0) is 86.2 Å². The zero-order valence-corrected chi connectivity index (χ0v) is 25.5. The molecule has 2 aromatic rings. The van der Waals surface area contributed by atoms with E-state index in [9.17, 15) is 0 Å². The van der Waals surface area contributed by atoms with Crippen LogP contribution >= 0.6 is 0 Å². The van der Waals surface area contributed by atoms with E-state index in [2.05, 4.69) is 50.5 Å². The summed E-state index contributed by atoms with van der Waals surface area (Å²) in [5, 5.41) is 0. The lowest BCUT2D eigenvalue weighted by Gasteiger charge is -2.29. The molecule has 2 fully saturated rings. The van der Waals surface area contributed by atoms with Crippen molar-refractivity contribution in [3.8, 4) is 11.4 Å². The second-order valence-corrected chi connectivity index (χ2v) is 13.2. The first-order valence-electron chi connectivity index (χ1n) is 17.2. The molecule has 0 bridgehead atoms. The van der Waals surface area contributed by atoms with Gasteiger partial charge in [0.25, 0.3) is 0 Å². The fraction of sp³-hybridized carbons (Fsp3) is 0.730. The molecule has 2 nitrogen and oxygen atoms in total. The first-order valence-corrected chi connectivity index (χ1v) is 17.2. The summed E-state index contributed by atoms with van der Waals surface area (Å²) < 4.78 is 0. The van der Waals surface area contributed by atoms with Gasteiger partial charge in [-0.15, -0.1) is 0 Å². The molecule has 2 aliphatic carbocycles. The number of hydrogen-bond acceptors (Lipinski definition) is 2. The standard InChI is InChI=1S/C37H58N2/c1-3-5-7-9-11-13-15-31-18-22-34(23-19-31)36-28-38-37(39-29-36)35-26-24-33(25-27-35)32-20-16-30(17-21-32)14-12-10-8-6-4-2/h24-32,34H,3-23H2,1-2H3. The minimum Gasteiger partial charge on any atom is -0.236 e. The lowest BCUT2D eigenvalue weighted by Crippen LogP contribution is -2.14. The van der Waals surface area contributed by atoms with Crippen molar-refractivity contribution in [2.24, 2.45) is 11.8 Å². The molecule has 2 saturated carbocycles. The van der Waals surface area contributed by atoms with Gasteiger partial charge in [0.2, 0.25) is 0 Å². The molecule has 0 saturated heterocycles. The summed E-state index contributed by atoms with van der Waals surface area (Å²) in [5.74, 6) is 4.22. The summed E-state index contributed by atoms with van der Waals surface area (Å²) in [4.78, 5) is 9.63. The summed E-state index contributed by atoms with van der Waals surface area (Å²) >= 11 is 0. The lowest BCUT2D eigenvalue weighted by atomic mass is 9.77. The molecule has 0 atom stereocenters. The molecule has 4 rings (SSSR count). The van der Waals surface area contributed by atoms with Gasteiger partial charge in [-0.25, -0.2) is 9.97 Å². The van der Waals surface area contributed by atoms with Crippen LogP contribution in [0.1, 0.15) is 172 Å². The fourth-order valence-electron chi connectivity index (χ4n) is 7.42. The Kier molecular flexibility index (Phi) is 13.3. The summed E-state index contributed by atoms with van der Waals surface area (Å²) in [7, 11) is 0. The largest absolute Gasteiger partial charge is 0.236 e. The summed E-state index contributed by atoms with van der Waals surface area (Å²) in [6, 6.07) is 9.23. The molecular weight excluding hydrogens is 472 g/mol. The maximum absolute atomic E-state index is 4.82. The van der Waals surface area contributed by atoms with Gasteiger partial charge in [0, 0.05) is 18.0 Å². The van der Waals surface area contributed by atoms with Crippen LogP contribution in [0, 0.1) is 11.8 Å². The van der Waals surface area contributed by atoms with Crippen molar-refractivity contribution < 1.29 is 0 Å². The Morgan fingerprint density at radius 1 is 0.513 bits per heavy atom. The molecule has 0 N–H and O–H groups in total. The molecular formula is C37H58N2. The average molecular weight is 531 g/mol.